The second-order valence-corrected chi connectivity index (χ2v) is 15.5. The minimum atomic E-state index is -0.0620. The summed E-state index contributed by atoms with van der Waals surface area (Å²) in [5, 5.41) is 0. The fourth-order valence-corrected chi connectivity index (χ4v) is 5.46. The molecular formula is C44H85N2O11+. The Kier molecular flexibility index (Phi) is 33.2. The first-order chi connectivity index (χ1) is 27.5. The summed E-state index contributed by atoms with van der Waals surface area (Å²) in [4.78, 5) is 2.32. The van der Waals surface area contributed by atoms with Gasteiger partial charge in [0.05, 0.1) is 163 Å². The quantitative estimate of drug-likeness (QED) is 0.0588. The molecule has 0 bridgehead atoms. The maximum atomic E-state index is 5.96. The summed E-state index contributed by atoms with van der Waals surface area (Å²) < 4.78 is 64.5. The SMILES string of the molecule is CCCC[N+](C)(C)CCOCCOCCOCCOCCOCCOC(C)COC(C)COC(C)COC(C)COC(C)COCCN(CC)c1cccc(C)c1. The predicted molar refractivity (Wildman–Crippen MR) is 228 cm³/mol. The molecule has 0 saturated heterocycles. The van der Waals surface area contributed by atoms with Crippen LogP contribution in [0.15, 0.2) is 24.3 Å². The molecule has 0 aromatic heterocycles. The van der Waals surface area contributed by atoms with Gasteiger partial charge in [0, 0.05) is 18.8 Å². The summed E-state index contributed by atoms with van der Waals surface area (Å²) in [6.07, 6.45) is 2.25. The number of rotatable bonds is 41. The van der Waals surface area contributed by atoms with Gasteiger partial charge in [-0.05, 0) is 72.6 Å². The van der Waals surface area contributed by atoms with Crippen LogP contribution in [-0.2, 0) is 52.1 Å². The molecule has 0 radical (unpaired) electrons. The van der Waals surface area contributed by atoms with Crippen molar-refractivity contribution in [3.05, 3.63) is 29.8 Å². The van der Waals surface area contributed by atoms with E-state index in [1.54, 1.807) is 0 Å². The summed E-state index contributed by atoms with van der Waals surface area (Å²) in [5.41, 5.74) is 2.49. The molecule has 57 heavy (non-hydrogen) atoms. The fraction of sp³-hybridized carbons (Fsp3) is 0.864. The molecule has 0 aliphatic carbocycles. The summed E-state index contributed by atoms with van der Waals surface area (Å²) >= 11 is 0. The zero-order chi connectivity index (χ0) is 42.0. The number of hydrogen-bond donors (Lipinski definition) is 0. The Labute approximate surface area is 347 Å². The van der Waals surface area contributed by atoms with Gasteiger partial charge < -0.3 is 61.5 Å². The number of nitrogens with zero attached hydrogens (tertiary/aromatic N) is 2. The Morgan fingerprint density at radius 3 is 1.40 bits per heavy atom. The third kappa shape index (κ3) is 32.0. The van der Waals surface area contributed by atoms with Crippen molar-refractivity contribution < 1.29 is 56.6 Å². The lowest BCUT2D eigenvalue weighted by Gasteiger charge is -2.29. The smallest absolute Gasteiger partial charge is 0.102 e. The van der Waals surface area contributed by atoms with E-state index in [-0.39, 0.29) is 30.5 Å². The minimum Gasteiger partial charge on any atom is -0.377 e. The van der Waals surface area contributed by atoms with Crippen molar-refractivity contribution in [1.29, 1.82) is 0 Å². The zero-order valence-corrected chi connectivity index (χ0v) is 37.8. The summed E-state index contributed by atoms with van der Waals surface area (Å²) in [6, 6.07) is 8.57. The van der Waals surface area contributed by atoms with Crippen LogP contribution in [0.25, 0.3) is 0 Å². The van der Waals surface area contributed by atoms with E-state index < -0.39 is 0 Å². The number of aryl methyl sites for hydroxylation is 1. The maximum absolute atomic E-state index is 5.96. The highest BCUT2D eigenvalue weighted by molar-refractivity contribution is 5.48. The molecule has 0 aliphatic rings. The molecule has 0 aliphatic heterocycles. The van der Waals surface area contributed by atoms with Crippen LogP contribution in [0.5, 0.6) is 0 Å². The Morgan fingerprint density at radius 1 is 0.509 bits per heavy atom. The van der Waals surface area contributed by atoms with Crippen molar-refractivity contribution in [2.45, 2.75) is 98.8 Å². The van der Waals surface area contributed by atoms with Crippen LogP contribution in [0.4, 0.5) is 5.69 Å². The summed E-state index contributed by atoms with van der Waals surface area (Å²) in [5.74, 6) is 0. The van der Waals surface area contributed by atoms with Crippen LogP contribution in [0.2, 0.25) is 0 Å². The monoisotopic (exact) mass is 818 g/mol. The third-order valence-electron chi connectivity index (χ3n) is 9.14. The van der Waals surface area contributed by atoms with Crippen molar-refractivity contribution in [1.82, 2.24) is 0 Å². The Morgan fingerprint density at radius 2 is 0.947 bits per heavy atom. The van der Waals surface area contributed by atoms with E-state index in [2.05, 4.69) is 64.0 Å². The van der Waals surface area contributed by atoms with Gasteiger partial charge in [-0.2, -0.15) is 0 Å². The molecule has 0 amide bonds. The van der Waals surface area contributed by atoms with Gasteiger partial charge in [0.15, 0.2) is 0 Å². The number of ether oxygens (including phenoxy) is 11. The molecule has 0 saturated carbocycles. The molecule has 5 unspecified atom stereocenters. The third-order valence-corrected chi connectivity index (χ3v) is 9.14. The highest BCUT2D eigenvalue weighted by Gasteiger charge is 2.15. The van der Waals surface area contributed by atoms with Crippen molar-refractivity contribution in [3.8, 4) is 0 Å². The van der Waals surface area contributed by atoms with Gasteiger partial charge in [0.2, 0.25) is 0 Å². The van der Waals surface area contributed by atoms with Gasteiger partial charge in [0.1, 0.15) is 6.54 Å². The normalized spacial score (nSPS) is 14.8. The van der Waals surface area contributed by atoms with Gasteiger partial charge in [-0.15, -0.1) is 0 Å². The Hall–Kier alpha value is -1.46. The van der Waals surface area contributed by atoms with E-state index in [4.69, 9.17) is 52.1 Å². The van der Waals surface area contributed by atoms with Gasteiger partial charge >= 0.3 is 0 Å². The predicted octanol–water partition coefficient (Wildman–Crippen LogP) is 5.82. The first kappa shape index (κ1) is 53.6. The standard InChI is InChI=1S/C44H85N2O11/c1-11-13-18-46(9,10)19-21-47-22-23-48-24-25-49-26-27-50-28-29-51-30-31-53-40(5)34-55-42(7)36-57-43(8)37-56-41(6)35-54-39(4)33-52-20-17-45(12-2)44-16-14-15-38(3)32-44/h14-16,32,39-43H,11-13,17-31,33-37H2,1-10H3/q+1. The molecule has 0 fully saturated rings. The van der Waals surface area contributed by atoms with Crippen molar-refractivity contribution in [2.24, 2.45) is 0 Å². The van der Waals surface area contributed by atoms with E-state index in [1.165, 1.54) is 30.6 Å². The molecule has 1 aromatic rings. The van der Waals surface area contributed by atoms with E-state index in [0.29, 0.717) is 106 Å². The van der Waals surface area contributed by atoms with Crippen LogP contribution < -0.4 is 4.90 Å². The highest BCUT2D eigenvalue weighted by atomic mass is 16.6. The van der Waals surface area contributed by atoms with E-state index in [1.807, 2.05) is 34.6 Å². The number of likely N-dealkylation sites (N-methyl/N-ethyl adjacent to an activating group) is 2. The molecular weight excluding hydrogens is 732 g/mol. The molecule has 0 spiro atoms. The number of quaternary nitrogens is 1. The maximum Gasteiger partial charge on any atom is 0.102 e. The molecule has 1 aromatic carbocycles. The zero-order valence-electron chi connectivity index (χ0n) is 37.8. The van der Waals surface area contributed by atoms with Crippen LogP contribution in [0.3, 0.4) is 0 Å². The number of benzene rings is 1. The van der Waals surface area contributed by atoms with E-state index in [9.17, 15) is 0 Å². The van der Waals surface area contributed by atoms with Crippen LogP contribution in [0, 0.1) is 6.92 Å². The van der Waals surface area contributed by atoms with Crippen LogP contribution in [0.1, 0.15) is 66.9 Å². The minimum absolute atomic E-state index is 0.0116. The average molecular weight is 818 g/mol. The largest absolute Gasteiger partial charge is 0.377 e. The number of anilines is 1. The van der Waals surface area contributed by atoms with Crippen molar-refractivity contribution in [2.75, 3.05) is 157 Å². The Bertz CT molecular complexity index is 1040. The lowest BCUT2D eigenvalue weighted by molar-refractivity contribution is -0.890. The first-order valence-electron chi connectivity index (χ1n) is 21.6. The average Bonchev–Trinajstić information content (AvgIpc) is 3.19. The first-order valence-corrected chi connectivity index (χ1v) is 21.6. The summed E-state index contributed by atoms with van der Waals surface area (Å²) in [6.45, 7) is 29.8. The topological polar surface area (TPSA) is 105 Å². The van der Waals surface area contributed by atoms with Gasteiger partial charge in [-0.1, -0.05) is 25.5 Å². The second-order valence-electron chi connectivity index (χ2n) is 15.5. The second kappa shape index (κ2) is 35.3. The highest BCUT2D eigenvalue weighted by Crippen LogP contribution is 2.15. The molecule has 0 N–H and O–H groups in total. The number of unbranched alkanes of at least 4 members (excludes halogenated alkanes) is 1. The lowest BCUT2D eigenvalue weighted by Crippen LogP contribution is -2.43. The number of hydrogen-bond acceptors (Lipinski definition) is 12. The van der Waals surface area contributed by atoms with Crippen molar-refractivity contribution in [3.63, 3.8) is 0 Å². The van der Waals surface area contributed by atoms with E-state index >= 15 is 0 Å². The lowest BCUT2D eigenvalue weighted by atomic mass is 10.2. The van der Waals surface area contributed by atoms with Gasteiger partial charge in [0.25, 0.3) is 0 Å². The molecule has 13 nitrogen and oxygen atoms in total. The van der Waals surface area contributed by atoms with Gasteiger partial charge in [-0.25, -0.2) is 0 Å². The van der Waals surface area contributed by atoms with Crippen molar-refractivity contribution >= 4 is 5.69 Å². The summed E-state index contributed by atoms with van der Waals surface area (Å²) in [7, 11) is 4.51. The van der Waals surface area contributed by atoms with Crippen LogP contribution in [-0.4, -0.2) is 188 Å². The molecule has 13 heteroatoms. The van der Waals surface area contributed by atoms with Crippen LogP contribution >= 0.6 is 0 Å². The Balaban J connectivity index is 1.90. The molecule has 1 rings (SSSR count). The molecule has 336 valence electrons. The molecule has 0 heterocycles. The molecule has 5 atom stereocenters. The van der Waals surface area contributed by atoms with Gasteiger partial charge in [-0.3, -0.25) is 0 Å². The van der Waals surface area contributed by atoms with E-state index in [0.717, 1.165) is 30.7 Å². The fourth-order valence-electron chi connectivity index (χ4n) is 5.46.